The molecule has 1 fully saturated rings. The summed E-state index contributed by atoms with van der Waals surface area (Å²) in [6.07, 6.45) is 2.38. The van der Waals surface area contributed by atoms with Crippen molar-refractivity contribution in [2.45, 2.75) is 31.8 Å². The molecule has 0 unspecified atom stereocenters. The molecule has 3 aromatic rings. The highest BCUT2D eigenvalue weighted by Gasteiger charge is 2.26. The second-order valence-electron chi connectivity index (χ2n) is 6.39. The number of carbonyl (C=O) groups is 1. The van der Waals surface area contributed by atoms with Crippen molar-refractivity contribution in [3.63, 3.8) is 0 Å². The molecule has 1 saturated carbocycles. The molecule has 4 rings (SSSR count). The number of hydrogen-bond donors (Lipinski definition) is 3. The van der Waals surface area contributed by atoms with Crippen molar-refractivity contribution in [2.24, 2.45) is 0 Å². The molecule has 3 N–H and O–H groups in total. The molecule has 0 aliphatic heterocycles. The third-order valence-electron chi connectivity index (χ3n) is 4.47. The Bertz CT molecular complexity index is 917. The van der Waals surface area contributed by atoms with E-state index in [0.29, 0.717) is 23.4 Å². The first-order valence-corrected chi connectivity index (χ1v) is 8.43. The Balaban J connectivity index is 1.32. The topological polar surface area (TPSA) is 69.8 Å². The zero-order valence-corrected chi connectivity index (χ0v) is 13.7. The van der Waals surface area contributed by atoms with Gasteiger partial charge in [0.05, 0.1) is 17.9 Å². The Labute approximate surface area is 144 Å². The minimum Gasteiger partial charge on any atom is -0.334 e. The second kappa shape index (κ2) is 6.55. The molecule has 1 aromatic heterocycles. The second-order valence-corrected chi connectivity index (χ2v) is 6.39. The fraction of sp³-hybridized carbons (Fsp3) is 0.263. The van der Waals surface area contributed by atoms with Gasteiger partial charge >= 0.3 is 6.03 Å². The molecule has 6 heteroatoms. The van der Waals surface area contributed by atoms with Crippen LogP contribution >= 0.6 is 0 Å². The Kier molecular flexibility index (Phi) is 4.09. The number of aromatic amines is 1. The van der Waals surface area contributed by atoms with Crippen molar-refractivity contribution < 1.29 is 9.18 Å². The number of fused-ring (bicyclic) bond motifs is 1. The summed E-state index contributed by atoms with van der Waals surface area (Å²) in [4.78, 5) is 11.9. The molecule has 1 aliphatic rings. The highest BCUT2D eigenvalue weighted by molar-refractivity contribution is 5.84. The van der Waals surface area contributed by atoms with Crippen molar-refractivity contribution in [3.05, 3.63) is 65.2 Å². The molecule has 2 aromatic carbocycles. The number of urea groups is 1. The molecule has 128 valence electrons. The van der Waals surface area contributed by atoms with Gasteiger partial charge in [0.25, 0.3) is 0 Å². The van der Waals surface area contributed by atoms with Crippen molar-refractivity contribution in [1.29, 1.82) is 0 Å². The van der Waals surface area contributed by atoms with Crippen LogP contribution < -0.4 is 10.6 Å². The predicted octanol–water partition coefficient (Wildman–Crippen LogP) is 3.58. The van der Waals surface area contributed by atoms with Gasteiger partial charge in [0.1, 0.15) is 5.82 Å². The van der Waals surface area contributed by atoms with Gasteiger partial charge in [-0.05, 0) is 24.3 Å². The molecule has 0 bridgehead atoms. The zero-order valence-electron chi connectivity index (χ0n) is 13.7. The minimum atomic E-state index is -0.338. The van der Waals surface area contributed by atoms with Gasteiger partial charge in [-0.15, -0.1) is 0 Å². The number of rotatable bonds is 5. The maximum atomic E-state index is 14.5. The normalized spacial score (nSPS) is 13.8. The number of hydrogen-bond acceptors (Lipinski definition) is 2. The summed E-state index contributed by atoms with van der Waals surface area (Å²) >= 11 is 0. The van der Waals surface area contributed by atoms with E-state index < -0.39 is 0 Å². The van der Waals surface area contributed by atoms with Crippen LogP contribution in [0.3, 0.4) is 0 Å². The van der Waals surface area contributed by atoms with E-state index in [9.17, 15) is 9.18 Å². The van der Waals surface area contributed by atoms with Crippen LogP contribution in [0.4, 0.5) is 9.18 Å². The van der Waals surface area contributed by atoms with Crippen molar-refractivity contribution >= 4 is 16.8 Å². The number of benzene rings is 2. The fourth-order valence-electron chi connectivity index (χ4n) is 2.89. The average Bonchev–Trinajstić information content (AvgIpc) is 3.38. The van der Waals surface area contributed by atoms with Gasteiger partial charge in [-0.2, -0.15) is 5.10 Å². The van der Waals surface area contributed by atoms with Crippen LogP contribution in [0.15, 0.2) is 42.5 Å². The van der Waals surface area contributed by atoms with Crippen LogP contribution in [-0.2, 0) is 13.1 Å². The van der Waals surface area contributed by atoms with Gasteiger partial charge in [0.15, 0.2) is 0 Å². The zero-order chi connectivity index (χ0) is 17.2. The Morgan fingerprint density at radius 3 is 2.80 bits per heavy atom. The third kappa shape index (κ3) is 3.47. The third-order valence-corrected chi connectivity index (χ3v) is 4.47. The number of nitrogens with one attached hydrogen (secondary N) is 3. The van der Waals surface area contributed by atoms with Gasteiger partial charge < -0.3 is 10.6 Å². The van der Waals surface area contributed by atoms with E-state index in [4.69, 9.17) is 0 Å². The van der Waals surface area contributed by atoms with Crippen molar-refractivity contribution in [1.82, 2.24) is 20.8 Å². The number of aromatic nitrogens is 2. The molecule has 0 radical (unpaired) electrons. The van der Waals surface area contributed by atoms with Crippen molar-refractivity contribution in [2.75, 3.05) is 0 Å². The maximum Gasteiger partial charge on any atom is 0.315 e. The average molecular weight is 338 g/mol. The number of amides is 2. The monoisotopic (exact) mass is 338 g/mol. The van der Waals surface area contributed by atoms with Crippen molar-refractivity contribution in [3.8, 4) is 0 Å². The van der Waals surface area contributed by atoms with Crippen LogP contribution in [0.25, 0.3) is 10.8 Å². The number of halogens is 1. The molecule has 25 heavy (non-hydrogen) atoms. The number of H-pyrrole nitrogens is 1. The Hall–Kier alpha value is -2.89. The first-order valence-electron chi connectivity index (χ1n) is 8.43. The van der Waals surface area contributed by atoms with Crippen LogP contribution in [0.2, 0.25) is 0 Å². The number of nitrogens with zero attached hydrogens (tertiary/aromatic N) is 1. The lowest BCUT2D eigenvalue weighted by molar-refractivity contribution is 0.240. The summed E-state index contributed by atoms with van der Waals surface area (Å²) in [7, 11) is 0. The fourth-order valence-corrected chi connectivity index (χ4v) is 2.89. The molecule has 5 nitrogen and oxygen atoms in total. The summed E-state index contributed by atoms with van der Waals surface area (Å²) < 4.78 is 14.5. The van der Waals surface area contributed by atoms with E-state index >= 15 is 0 Å². The molecule has 0 atom stereocenters. The molecule has 0 spiro atoms. The largest absolute Gasteiger partial charge is 0.334 e. The highest BCUT2D eigenvalue weighted by atomic mass is 19.1. The lowest BCUT2D eigenvalue weighted by Gasteiger charge is -2.09. The van der Waals surface area contributed by atoms with Gasteiger partial charge in [-0.3, -0.25) is 5.10 Å². The van der Waals surface area contributed by atoms with Gasteiger partial charge in [-0.1, -0.05) is 36.4 Å². The quantitative estimate of drug-likeness (QED) is 0.665. The summed E-state index contributed by atoms with van der Waals surface area (Å²) in [5, 5.41) is 14.0. The van der Waals surface area contributed by atoms with E-state index in [1.807, 2.05) is 24.3 Å². The molecule has 0 saturated heterocycles. The van der Waals surface area contributed by atoms with Gasteiger partial charge in [-0.25, -0.2) is 9.18 Å². The van der Waals surface area contributed by atoms with E-state index in [0.717, 1.165) is 16.8 Å². The Morgan fingerprint density at radius 2 is 1.96 bits per heavy atom. The Morgan fingerprint density at radius 1 is 1.16 bits per heavy atom. The SMILES string of the molecule is O=C(NCc1cc(C2CC2)n[nH]1)NCc1ccc2ccccc2c1F. The highest BCUT2D eigenvalue weighted by Crippen LogP contribution is 2.38. The minimum absolute atomic E-state index is 0.138. The van der Waals surface area contributed by atoms with Crippen LogP contribution in [0.1, 0.15) is 35.7 Å². The maximum absolute atomic E-state index is 14.5. The summed E-state index contributed by atoms with van der Waals surface area (Å²) in [6.45, 7) is 0.505. The summed E-state index contributed by atoms with van der Waals surface area (Å²) in [5.41, 5.74) is 2.40. The standard InChI is InChI=1S/C19H19FN4O/c20-18-14(8-5-12-3-1-2-4-16(12)18)10-21-19(25)22-11-15-9-17(24-23-15)13-6-7-13/h1-5,8-9,13H,6-7,10-11H2,(H,23,24)(H2,21,22,25). The van der Waals surface area contributed by atoms with E-state index in [1.165, 1.54) is 12.8 Å². The summed E-state index contributed by atoms with van der Waals surface area (Å²) in [5.74, 6) is 0.288. The smallest absolute Gasteiger partial charge is 0.315 e. The summed E-state index contributed by atoms with van der Waals surface area (Å²) in [6, 6.07) is 12.5. The van der Waals surface area contributed by atoms with Crippen LogP contribution in [0, 0.1) is 5.82 Å². The molecular weight excluding hydrogens is 319 g/mol. The first-order chi connectivity index (χ1) is 12.2. The predicted molar refractivity (Wildman–Crippen MR) is 93.5 cm³/mol. The molecular formula is C19H19FN4O. The lowest BCUT2D eigenvalue weighted by atomic mass is 10.1. The van der Waals surface area contributed by atoms with E-state index in [1.54, 1.807) is 18.2 Å². The van der Waals surface area contributed by atoms with Gasteiger partial charge in [0, 0.05) is 23.4 Å². The molecule has 1 aliphatic carbocycles. The van der Waals surface area contributed by atoms with E-state index in [-0.39, 0.29) is 18.4 Å². The van der Waals surface area contributed by atoms with Gasteiger partial charge in [0.2, 0.25) is 0 Å². The number of carbonyl (C=O) groups excluding carboxylic acids is 1. The molecule has 2 amide bonds. The lowest BCUT2D eigenvalue weighted by Crippen LogP contribution is -2.34. The first kappa shape index (κ1) is 15.6. The molecule has 1 heterocycles. The van der Waals surface area contributed by atoms with Crippen LogP contribution in [-0.4, -0.2) is 16.2 Å². The van der Waals surface area contributed by atoms with E-state index in [2.05, 4.69) is 20.8 Å². The van der Waals surface area contributed by atoms with Crippen LogP contribution in [0.5, 0.6) is 0 Å².